The zero-order chi connectivity index (χ0) is 22.2. The molecule has 1 amide bonds. The summed E-state index contributed by atoms with van der Waals surface area (Å²) in [6.45, 7) is 4.28. The van der Waals surface area contributed by atoms with Gasteiger partial charge in [0, 0.05) is 28.2 Å². The van der Waals surface area contributed by atoms with Crippen molar-refractivity contribution >= 4 is 12.1 Å². The summed E-state index contributed by atoms with van der Waals surface area (Å²) >= 11 is 0. The molecule has 3 rings (SSSR count). The van der Waals surface area contributed by atoms with E-state index in [2.05, 4.69) is 21.2 Å². The van der Waals surface area contributed by atoms with Crippen molar-refractivity contribution in [1.29, 1.82) is 10.5 Å². The Kier molecular flexibility index (Phi) is 6.82. The molecule has 0 saturated heterocycles. The van der Waals surface area contributed by atoms with Crippen LogP contribution in [0.25, 0.3) is 5.69 Å². The van der Waals surface area contributed by atoms with Crippen LogP contribution in [0.2, 0.25) is 0 Å². The molecule has 31 heavy (non-hydrogen) atoms. The molecule has 0 aliphatic carbocycles. The highest BCUT2D eigenvalue weighted by Gasteiger charge is 2.10. The smallest absolute Gasteiger partial charge is 0.254 e. The summed E-state index contributed by atoms with van der Waals surface area (Å²) < 4.78 is 7.92. The minimum atomic E-state index is -0.444. The second kappa shape index (κ2) is 9.91. The molecule has 0 unspecified atom stereocenters. The third kappa shape index (κ3) is 5.17. The van der Waals surface area contributed by atoms with E-state index >= 15 is 0 Å². The maximum absolute atomic E-state index is 11.3. The number of benzene rings is 2. The molecule has 1 heterocycles. The van der Waals surface area contributed by atoms with Crippen LogP contribution in [-0.2, 0) is 11.4 Å². The maximum Gasteiger partial charge on any atom is 0.254 e. The van der Waals surface area contributed by atoms with E-state index in [1.54, 1.807) is 18.4 Å². The summed E-state index contributed by atoms with van der Waals surface area (Å²) in [5, 5.41) is 21.6. The fourth-order valence-corrected chi connectivity index (χ4v) is 3.21. The van der Waals surface area contributed by atoms with Crippen LogP contribution < -0.4 is 10.2 Å². The second-order valence-electron chi connectivity index (χ2n) is 6.84. The third-order valence-electron chi connectivity index (χ3n) is 4.73. The number of hydrazone groups is 1. The van der Waals surface area contributed by atoms with Crippen LogP contribution in [0.15, 0.2) is 59.7 Å². The lowest BCUT2D eigenvalue weighted by Gasteiger charge is -2.12. The van der Waals surface area contributed by atoms with Crippen LogP contribution in [0, 0.1) is 36.5 Å². The van der Waals surface area contributed by atoms with Crippen LogP contribution in [0.5, 0.6) is 5.75 Å². The van der Waals surface area contributed by atoms with E-state index in [1.807, 2.05) is 62.4 Å². The molecule has 7 nitrogen and oxygen atoms in total. The van der Waals surface area contributed by atoms with Crippen LogP contribution in [0.4, 0.5) is 0 Å². The van der Waals surface area contributed by atoms with Crippen LogP contribution in [0.3, 0.4) is 0 Å². The molecule has 0 aliphatic heterocycles. The summed E-state index contributed by atoms with van der Waals surface area (Å²) in [5.74, 6) is 0.265. The largest absolute Gasteiger partial charge is 0.489 e. The zero-order valence-electron chi connectivity index (χ0n) is 17.3. The van der Waals surface area contributed by atoms with Crippen molar-refractivity contribution in [3.63, 3.8) is 0 Å². The molecular formula is C24H21N5O2. The number of rotatable bonds is 7. The number of nitrogens with zero attached hydrogens (tertiary/aromatic N) is 4. The van der Waals surface area contributed by atoms with Gasteiger partial charge in [-0.15, -0.1) is 0 Å². The van der Waals surface area contributed by atoms with Crippen molar-refractivity contribution in [3.8, 4) is 23.6 Å². The van der Waals surface area contributed by atoms with Gasteiger partial charge in [0.15, 0.2) is 0 Å². The van der Waals surface area contributed by atoms with Gasteiger partial charge in [-0.05, 0) is 50.2 Å². The SMILES string of the molecule is Cc1cc(/C=N\NC(=O)CC#N)c(C)n1-c1ccc(OCc2ccccc2C#N)cc1. The number of hydrogen-bond donors (Lipinski definition) is 1. The van der Waals surface area contributed by atoms with E-state index in [4.69, 9.17) is 10.00 Å². The molecule has 7 heteroatoms. The van der Waals surface area contributed by atoms with Gasteiger partial charge in [0.25, 0.3) is 5.91 Å². The first-order valence-electron chi connectivity index (χ1n) is 9.62. The highest BCUT2D eigenvalue weighted by atomic mass is 16.5. The highest BCUT2D eigenvalue weighted by molar-refractivity contribution is 5.84. The predicted octanol–water partition coefficient (Wildman–Crippen LogP) is 3.91. The Bertz CT molecular complexity index is 1190. The minimum Gasteiger partial charge on any atom is -0.489 e. The van der Waals surface area contributed by atoms with Crippen molar-refractivity contribution in [2.24, 2.45) is 5.10 Å². The van der Waals surface area contributed by atoms with E-state index in [9.17, 15) is 10.1 Å². The van der Waals surface area contributed by atoms with Crippen molar-refractivity contribution in [2.45, 2.75) is 26.9 Å². The Morgan fingerprint density at radius 3 is 2.61 bits per heavy atom. The molecule has 0 fully saturated rings. The number of nitriles is 2. The summed E-state index contributed by atoms with van der Waals surface area (Å²) in [5.41, 5.74) is 7.59. The van der Waals surface area contributed by atoms with Gasteiger partial charge >= 0.3 is 0 Å². The quantitative estimate of drug-likeness (QED) is 0.470. The molecule has 0 saturated carbocycles. The van der Waals surface area contributed by atoms with Gasteiger partial charge in [0.05, 0.1) is 23.9 Å². The first-order chi connectivity index (χ1) is 15.0. The van der Waals surface area contributed by atoms with E-state index in [-0.39, 0.29) is 6.42 Å². The molecular weight excluding hydrogens is 390 g/mol. The number of carbonyl (C=O) groups is 1. The van der Waals surface area contributed by atoms with E-state index in [0.29, 0.717) is 17.9 Å². The topological polar surface area (TPSA) is 103 Å². The van der Waals surface area contributed by atoms with Gasteiger partial charge in [-0.3, -0.25) is 4.79 Å². The number of ether oxygens (including phenoxy) is 1. The monoisotopic (exact) mass is 411 g/mol. The second-order valence-corrected chi connectivity index (χ2v) is 6.84. The number of aryl methyl sites for hydroxylation is 1. The molecule has 0 bridgehead atoms. The third-order valence-corrected chi connectivity index (χ3v) is 4.73. The number of nitrogens with one attached hydrogen (secondary N) is 1. The number of hydrogen-bond acceptors (Lipinski definition) is 5. The number of aromatic nitrogens is 1. The number of carbonyl (C=O) groups excluding carboxylic acids is 1. The van der Waals surface area contributed by atoms with Gasteiger partial charge in [-0.2, -0.15) is 15.6 Å². The summed E-state index contributed by atoms with van der Waals surface area (Å²) in [6, 6.07) is 21.0. The molecule has 154 valence electrons. The Morgan fingerprint density at radius 1 is 1.16 bits per heavy atom. The lowest BCUT2D eigenvalue weighted by Crippen LogP contribution is -2.16. The van der Waals surface area contributed by atoms with Crippen LogP contribution >= 0.6 is 0 Å². The zero-order valence-corrected chi connectivity index (χ0v) is 17.3. The first-order valence-corrected chi connectivity index (χ1v) is 9.62. The van der Waals surface area contributed by atoms with Crippen molar-refractivity contribution in [2.75, 3.05) is 0 Å². The lowest BCUT2D eigenvalue weighted by molar-refractivity contribution is -0.120. The molecule has 0 spiro atoms. The predicted molar refractivity (Wildman–Crippen MR) is 117 cm³/mol. The average molecular weight is 411 g/mol. The normalized spacial score (nSPS) is 10.5. The fraction of sp³-hybridized carbons (Fsp3) is 0.167. The van der Waals surface area contributed by atoms with Gasteiger partial charge in [-0.1, -0.05) is 18.2 Å². The van der Waals surface area contributed by atoms with E-state index in [0.717, 1.165) is 28.2 Å². The first kappa shape index (κ1) is 21.4. The summed E-state index contributed by atoms with van der Waals surface area (Å²) in [6.07, 6.45) is 1.34. The molecule has 0 radical (unpaired) electrons. The van der Waals surface area contributed by atoms with E-state index < -0.39 is 5.91 Å². The standard InChI is InChI=1S/C24H21N5O2/c1-17-13-21(15-27-28-24(30)11-12-25)18(2)29(17)22-7-9-23(10-8-22)31-16-20-6-4-3-5-19(20)14-26/h3-10,13,15H,11,16H2,1-2H3,(H,28,30)/b27-15-. The molecule has 1 N–H and O–H groups in total. The fourth-order valence-electron chi connectivity index (χ4n) is 3.21. The Labute approximate surface area is 180 Å². The molecule has 0 atom stereocenters. The lowest BCUT2D eigenvalue weighted by atomic mass is 10.1. The summed E-state index contributed by atoms with van der Waals surface area (Å²) in [4.78, 5) is 11.3. The van der Waals surface area contributed by atoms with Crippen molar-refractivity contribution in [3.05, 3.63) is 82.7 Å². The molecule has 0 aliphatic rings. The van der Waals surface area contributed by atoms with E-state index in [1.165, 1.54) is 0 Å². The highest BCUT2D eigenvalue weighted by Crippen LogP contribution is 2.23. The van der Waals surface area contributed by atoms with Crippen LogP contribution in [-0.4, -0.2) is 16.7 Å². The van der Waals surface area contributed by atoms with Gasteiger partial charge in [0.1, 0.15) is 18.8 Å². The Hall–Kier alpha value is -4.36. The number of amides is 1. The van der Waals surface area contributed by atoms with Gasteiger partial charge in [0.2, 0.25) is 0 Å². The Balaban J connectivity index is 1.72. The molecule has 1 aromatic heterocycles. The summed E-state index contributed by atoms with van der Waals surface area (Å²) in [7, 11) is 0. The van der Waals surface area contributed by atoms with Crippen LogP contribution in [0.1, 0.15) is 34.5 Å². The van der Waals surface area contributed by atoms with Gasteiger partial charge in [-0.25, -0.2) is 5.43 Å². The molecule has 3 aromatic rings. The maximum atomic E-state index is 11.3. The average Bonchev–Trinajstić information content (AvgIpc) is 3.06. The van der Waals surface area contributed by atoms with Crippen molar-refractivity contribution in [1.82, 2.24) is 9.99 Å². The molecule has 2 aromatic carbocycles. The van der Waals surface area contributed by atoms with Gasteiger partial charge < -0.3 is 9.30 Å². The Morgan fingerprint density at radius 2 is 1.90 bits per heavy atom. The van der Waals surface area contributed by atoms with Crippen molar-refractivity contribution < 1.29 is 9.53 Å². The minimum absolute atomic E-state index is 0.229.